The number of hydroxylamine groups is 1. The van der Waals surface area contributed by atoms with Crippen molar-refractivity contribution in [2.45, 2.75) is 32.2 Å². The van der Waals surface area contributed by atoms with Gasteiger partial charge in [0.1, 0.15) is 5.76 Å². The standard InChI is InChI=1S/C8H14BrNO/c1-7-6-8(11-10-7)4-2-3-5-9/h6-7,10H,2-5H2,1H3. The van der Waals surface area contributed by atoms with Gasteiger partial charge in [-0.15, -0.1) is 0 Å². The number of hydrogen-bond donors (Lipinski definition) is 1. The third-order valence-electron chi connectivity index (χ3n) is 1.62. The SMILES string of the molecule is CC1C=C(CCCCBr)ON1. The summed E-state index contributed by atoms with van der Waals surface area (Å²) in [6.45, 7) is 2.08. The van der Waals surface area contributed by atoms with Crippen molar-refractivity contribution in [1.29, 1.82) is 0 Å². The van der Waals surface area contributed by atoms with Gasteiger partial charge in [0.2, 0.25) is 0 Å². The average molecular weight is 220 g/mol. The molecule has 1 rings (SSSR count). The third-order valence-corrected chi connectivity index (χ3v) is 2.18. The zero-order valence-electron chi connectivity index (χ0n) is 6.77. The quantitative estimate of drug-likeness (QED) is 0.580. The van der Waals surface area contributed by atoms with Crippen molar-refractivity contribution >= 4 is 15.9 Å². The van der Waals surface area contributed by atoms with E-state index in [0.29, 0.717) is 6.04 Å². The summed E-state index contributed by atoms with van der Waals surface area (Å²) < 4.78 is 0. The van der Waals surface area contributed by atoms with Crippen LogP contribution in [-0.4, -0.2) is 11.4 Å². The van der Waals surface area contributed by atoms with Crippen LogP contribution in [0.15, 0.2) is 11.8 Å². The molecule has 1 aliphatic heterocycles. The summed E-state index contributed by atoms with van der Waals surface area (Å²) in [7, 11) is 0. The minimum atomic E-state index is 0.383. The summed E-state index contributed by atoms with van der Waals surface area (Å²) in [6, 6.07) is 0.383. The molecule has 0 spiro atoms. The Bertz CT molecular complexity index is 147. The normalized spacial score (nSPS) is 23.1. The lowest BCUT2D eigenvalue weighted by Crippen LogP contribution is -2.15. The monoisotopic (exact) mass is 219 g/mol. The van der Waals surface area contributed by atoms with Crippen molar-refractivity contribution in [2.24, 2.45) is 0 Å². The number of halogens is 1. The maximum absolute atomic E-state index is 5.21. The van der Waals surface area contributed by atoms with E-state index >= 15 is 0 Å². The molecular formula is C8H14BrNO. The second-order valence-electron chi connectivity index (χ2n) is 2.79. The van der Waals surface area contributed by atoms with Gasteiger partial charge in [0.05, 0.1) is 6.04 Å². The molecule has 0 bridgehead atoms. The molecule has 0 saturated carbocycles. The van der Waals surface area contributed by atoms with E-state index in [4.69, 9.17) is 4.84 Å². The molecule has 11 heavy (non-hydrogen) atoms. The fourth-order valence-corrected chi connectivity index (χ4v) is 1.44. The van der Waals surface area contributed by atoms with Gasteiger partial charge >= 0.3 is 0 Å². The van der Waals surface area contributed by atoms with Crippen LogP contribution in [0.2, 0.25) is 0 Å². The molecule has 0 amide bonds. The molecule has 0 saturated heterocycles. The van der Waals surface area contributed by atoms with Crippen LogP contribution in [0.5, 0.6) is 0 Å². The van der Waals surface area contributed by atoms with Crippen LogP contribution in [0.4, 0.5) is 0 Å². The predicted octanol–water partition coefficient (Wildman–Crippen LogP) is 2.36. The summed E-state index contributed by atoms with van der Waals surface area (Å²) in [5, 5.41) is 1.09. The van der Waals surface area contributed by atoms with Crippen LogP contribution < -0.4 is 5.48 Å². The van der Waals surface area contributed by atoms with Gasteiger partial charge in [0, 0.05) is 11.8 Å². The van der Waals surface area contributed by atoms with Crippen molar-refractivity contribution in [2.75, 3.05) is 5.33 Å². The molecule has 0 aromatic rings. The minimum absolute atomic E-state index is 0.383. The topological polar surface area (TPSA) is 21.3 Å². The van der Waals surface area contributed by atoms with Gasteiger partial charge < -0.3 is 4.84 Å². The number of allylic oxidation sites excluding steroid dienone is 1. The summed E-state index contributed by atoms with van der Waals surface area (Å²) in [6.07, 6.45) is 5.61. The van der Waals surface area contributed by atoms with E-state index in [0.717, 1.165) is 17.5 Å². The lowest BCUT2D eigenvalue weighted by molar-refractivity contribution is 0.113. The fourth-order valence-electron chi connectivity index (χ4n) is 1.04. The highest BCUT2D eigenvalue weighted by molar-refractivity contribution is 9.09. The lowest BCUT2D eigenvalue weighted by Gasteiger charge is -2.01. The molecule has 64 valence electrons. The van der Waals surface area contributed by atoms with Gasteiger partial charge in [-0.05, 0) is 25.8 Å². The zero-order chi connectivity index (χ0) is 8.10. The minimum Gasteiger partial charge on any atom is -0.413 e. The smallest absolute Gasteiger partial charge is 0.121 e. The van der Waals surface area contributed by atoms with E-state index < -0.39 is 0 Å². The molecule has 1 heterocycles. The highest BCUT2D eigenvalue weighted by Gasteiger charge is 2.10. The fraction of sp³-hybridized carbons (Fsp3) is 0.750. The van der Waals surface area contributed by atoms with Crippen molar-refractivity contribution in [1.82, 2.24) is 5.48 Å². The molecular weight excluding hydrogens is 206 g/mol. The largest absolute Gasteiger partial charge is 0.413 e. The molecule has 0 aliphatic carbocycles. The van der Waals surface area contributed by atoms with Gasteiger partial charge in [0.15, 0.2) is 0 Å². The predicted molar refractivity (Wildman–Crippen MR) is 49.4 cm³/mol. The number of alkyl halides is 1. The second kappa shape index (κ2) is 4.78. The number of hydrogen-bond acceptors (Lipinski definition) is 2. The van der Waals surface area contributed by atoms with Gasteiger partial charge in [-0.2, -0.15) is 5.48 Å². The van der Waals surface area contributed by atoms with Gasteiger partial charge in [-0.3, -0.25) is 0 Å². The van der Waals surface area contributed by atoms with E-state index in [1.807, 2.05) is 0 Å². The van der Waals surface area contributed by atoms with Crippen LogP contribution in [-0.2, 0) is 4.84 Å². The molecule has 2 nitrogen and oxygen atoms in total. The highest BCUT2D eigenvalue weighted by atomic mass is 79.9. The van der Waals surface area contributed by atoms with E-state index in [9.17, 15) is 0 Å². The molecule has 1 aliphatic rings. The Labute approximate surface area is 76.1 Å². The summed E-state index contributed by atoms with van der Waals surface area (Å²) in [5.74, 6) is 1.10. The number of nitrogens with one attached hydrogen (secondary N) is 1. The maximum atomic E-state index is 5.21. The molecule has 0 radical (unpaired) electrons. The average Bonchev–Trinajstić information content (AvgIpc) is 2.37. The lowest BCUT2D eigenvalue weighted by atomic mass is 10.2. The highest BCUT2D eigenvalue weighted by Crippen LogP contribution is 2.14. The first-order valence-electron chi connectivity index (χ1n) is 4.02. The molecule has 0 aromatic carbocycles. The maximum Gasteiger partial charge on any atom is 0.121 e. The Kier molecular flexibility index (Phi) is 3.94. The van der Waals surface area contributed by atoms with Crippen molar-refractivity contribution in [3.63, 3.8) is 0 Å². The Hall–Kier alpha value is -0.0200. The van der Waals surface area contributed by atoms with Crippen molar-refractivity contribution < 1.29 is 4.84 Å². The van der Waals surface area contributed by atoms with Gasteiger partial charge in [0.25, 0.3) is 0 Å². The molecule has 3 heteroatoms. The first-order chi connectivity index (χ1) is 5.33. The Morgan fingerprint density at radius 2 is 2.45 bits per heavy atom. The van der Waals surface area contributed by atoms with Crippen molar-refractivity contribution in [3.8, 4) is 0 Å². The van der Waals surface area contributed by atoms with E-state index in [-0.39, 0.29) is 0 Å². The Balaban J connectivity index is 2.12. The molecule has 1 N–H and O–H groups in total. The van der Waals surface area contributed by atoms with Crippen molar-refractivity contribution in [3.05, 3.63) is 11.8 Å². The van der Waals surface area contributed by atoms with Crippen LogP contribution in [0.25, 0.3) is 0 Å². The molecule has 0 aromatic heterocycles. The van der Waals surface area contributed by atoms with Crippen LogP contribution in [0.3, 0.4) is 0 Å². The van der Waals surface area contributed by atoms with E-state index in [2.05, 4.69) is 34.4 Å². The van der Waals surface area contributed by atoms with Gasteiger partial charge in [-0.25, -0.2) is 0 Å². The van der Waals surface area contributed by atoms with E-state index in [1.54, 1.807) is 0 Å². The zero-order valence-corrected chi connectivity index (χ0v) is 8.36. The Morgan fingerprint density at radius 3 is 3.00 bits per heavy atom. The number of unbranched alkanes of at least 4 members (excludes halogenated alkanes) is 1. The van der Waals surface area contributed by atoms with Crippen LogP contribution in [0.1, 0.15) is 26.2 Å². The summed E-state index contributed by atoms with van der Waals surface area (Å²) >= 11 is 3.39. The van der Waals surface area contributed by atoms with E-state index in [1.165, 1.54) is 12.8 Å². The molecule has 1 unspecified atom stereocenters. The first kappa shape index (κ1) is 9.07. The molecule has 1 atom stereocenters. The molecule has 0 fully saturated rings. The second-order valence-corrected chi connectivity index (χ2v) is 3.58. The number of rotatable bonds is 4. The summed E-state index contributed by atoms with van der Waals surface area (Å²) in [5.41, 5.74) is 2.89. The van der Waals surface area contributed by atoms with Crippen LogP contribution >= 0.6 is 15.9 Å². The summed E-state index contributed by atoms with van der Waals surface area (Å²) in [4.78, 5) is 5.21. The Morgan fingerprint density at radius 1 is 1.64 bits per heavy atom. The van der Waals surface area contributed by atoms with Crippen LogP contribution in [0, 0.1) is 0 Å². The van der Waals surface area contributed by atoms with Gasteiger partial charge in [-0.1, -0.05) is 15.9 Å². The third kappa shape index (κ3) is 3.25. The first-order valence-corrected chi connectivity index (χ1v) is 5.14.